The van der Waals surface area contributed by atoms with Crippen LogP contribution < -0.4 is 0 Å². The molecule has 2 aliphatic heterocycles. The molecule has 0 radical (unpaired) electrons. The third-order valence-electron chi connectivity index (χ3n) is 4.96. The van der Waals surface area contributed by atoms with Crippen LogP contribution in [0.4, 0.5) is 0 Å². The largest absolute Gasteiger partial charge is 0.303 e. The average molecular weight is 281 g/mol. The zero-order chi connectivity index (χ0) is 13.7. The molecule has 0 saturated carbocycles. The van der Waals surface area contributed by atoms with Crippen LogP contribution in [-0.2, 0) is 0 Å². The van der Waals surface area contributed by atoms with E-state index >= 15 is 0 Å². The maximum absolute atomic E-state index is 9.30. The fourth-order valence-corrected chi connectivity index (χ4v) is 4.02. The normalized spacial score (nSPS) is 29.0. The zero-order valence-corrected chi connectivity index (χ0v) is 13.2. The number of likely N-dealkylation sites (tertiary alicyclic amines) is 2. The van der Waals surface area contributed by atoms with E-state index in [1.807, 2.05) is 0 Å². The van der Waals surface area contributed by atoms with Crippen LogP contribution in [0.3, 0.4) is 0 Å². The van der Waals surface area contributed by atoms with E-state index in [4.69, 9.17) is 0 Å². The molecule has 0 bridgehead atoms. The molecule has 19 heavy (non-hydrogen) atoms. The minimum Gasteiger partial charge on any atom is -0.303 e. The van der Waals surface area contributed by atoms with Crippen molar-refractivity contribution in [2.24, 2.45) is 0 Å². The third-order valence-corrected chi connectivity index (χ3v) is 6.24. The fraction of sp³-hybridized carbons (Fsp3) is 0.933. The Morgan fingerprint density at radius 2 is 2.00 bits per heavy atom. The van der Waals surface area contributed by atoms with E-state index in [1.54, 1.807) is 11.8 Å². The monoisotopic (exact) mass is 281 g/mol. The van der Waals surface area contributed by atoms with Crippen molar-refractivity contribution in [3.05, 3.63) is 0 Å². The summed E-state index contributed by atoms with van der Waals surface area (Å²) >= 11 is 1.75. The lowest BCUT2D eigenvalue weighted by molar-refractivity contribution is 0.143. The molecule has 0 spiro atoms. The lowest BCUT2D eigenvalue weighted by atomic mass is 9.96. The van der Waals surface area contributed by atoms with Crippen molar-refractivity contribution in [2.45, 2.75) is 49.3 Å². The van der Waals surface area contributed by atoms with E-state index in [0.29, 0.717) is 0 Å². The van der Waals surface area contributed by atoms with Crippen molar-refractivity contribution < 1.29 is 0 Å². The molecule has 1 atom stereocenters. The quantitative estimate of drug-likeness (QED) is 0.792. The Bertz CT molecular complexity index is 318. The fourth-order valence-electron chi connectivity index (χ4n) is 3.34. The lowest BCUT2D eigenvalue weighted by Crippen LogP contribution is -2.44. The van der Waals surface area contributed by atoms with E-state index in [2.05, 4.69) is 29.2 Å². The molecular weight excluding hydrogens is 254 g/mol. The van der Waals surface area contributed by atoms with Gasteiger partial charge < -0.3 is 9.80 Å². The summed E-state index contributed by atoms with van der Waals surface area (Å²) in [4.78, 5) is 5.10. The Labute approximate surface area is 122 Å². The van der Waals surface area contributed by atoms with Gasteiger partial charge in [-0.2, -0.15) is 5.26 Å². The van der Waals surface area contributed by atoms with Gasteiger partial charge in [0.2, 0.25) is 0 Å². The molecule has 0 N–H and O–H groups in total. The molecule has 2 saturated heterocycles. The molecule has 0 aliphatic carbocycles. The maximum atomic E-state index is 9.30. The van der Waals surface area contributed by atoms with Gasteiger partial charge in [-0.15, -0.1) is 11.8 Å². The minimum absolute atomic E-state index is 0.0991. The highest BCUT2D eigenvalue weighted by atomic mass is 32.2. The van der Waals surface area contributed by atoms with Crippen LogP contribution in [0.15, 0.2) is 0 Å². The molecule has 2 rings (SSSR count). The SMILES string of the molecule is CSC1(C#N)CCN(CCC2CCCCN2C)CC1. The van der Waals surface area contributed by atoms with Crippen LogP contribution in [-0.4, -0.2) is 60.1 Å². The Hall–Kier alpha value is -0.240. The van der Waals surface area contributed by atoms with E-state index in [9.17, 15) is 5.26 Å². The highest BCUT2D eigenvalue weighted by Gasteiger charge is 2.34. The number of piperidine rings is 2. The van der Waals surface area contributed by atoms with Crippen LogP contribution in [0, 0.1) is 11.3 Å². The van der Waals surface area contributed by atoms with Gasteiger partial charge in [-0.05, 0) is 58.5 Å². The molecule has 0 aromatic heterocycles. The van der Waals surface area contributed by atoms with E-state index in [1.165, 1.54) is 38.8 Å². The van der Waals surface area contributed by atoms with Crippen molar-refractivity contribution >= 4 is 11.8 Å². The maximum Gasteiger partial charge on any atom is 0.104 e. The topological polar surface area (TPSA) is 30.3 Å². The summed E-state index contributed by atoms with van der Waals surface area (Å²) in [5.41, 5.74) is 0. The molecular formula is C15H27N3S. The summed E-state index contributed by atoms with van der Waals surface area (Å²) in [6.07, 6.45) is 9.59. The smallest absolute Gasteiger partial charge is 0.104 e. The summed E-state index contributed by atoms with van der Waals surface area (Å²) in [5, 5.41) is 9.30. The number of hydrogen-bond donors (Lipinski definition) is 0. The standard InChI is InChI=1S/C15H27N3S/c1-17-9-4-3-5-14(17)6-10-18-11-7-15(13-16,19-2)8-12-18/h14H,3-12H2,1-2H3. The van der Waals surface area contributed by atoms with Gasteiger partial charge in [-0.1, -0.05) is 6.42 Å². The Morgan fingerprint density at radius 1 is 1.26 bits per heavy atom. The summed E-state index contributed by atoms with van der Waals surface area (Å²) in [6.45, 7) is 4.69. The van der Waals surface area contributed by atoms with Gasteiger partial charge in [0, 0.05) is 19.1 Å². The van der Waals surface area contributed by atoms with Gasteiger partial charge in [0.15, 0.2) is 0 Å². The van der Waals surface area contributed by atoms with Crippen LogP contribution in [0.1, 0.15) is 38.5 Å². The van der Waals surface area contributed by atoms with E-state index in [-0.39, 0.29) is 4.75 Å². The van der Waals surface area contributed by atoms with Crippen molar-refractivity contribution in [3.8, 4) is 6.07 Å². The van der Waals surface area contributed by atoms with Gasteiger partial charge in [0.25, 0.3) is 0 Å². The van der Waals surface area contributed by atoms with Crippen molar-refractivity contribution in [1.29, 1.82) is 5.26 Å². The van der Waals surface area contributed by atoms with Crippen molar-refractivity contribution in [2.75, 3.05) is 39.5 Å². The van der Waals surface area contributed by atoms with Gasteiger partial charge in [-0.25, -0.2) is 0 Å². The number of rotatable bonds is 4. The zero-order valence-electron chi connectivity index (χ0n) is 12.4. The molecule has 2 heterocycles. The number of thioether (sulfide) groups is 1. The lowest BCUT2D eigenvalue weighted by Gasteiger charge is -2.38. The van der Waals surface area contributed by atoms with Crippen molar-refractivity contribution in [3.63, 3.8) is 0 Å². The van der Waals surface area contributed by atoms with Gasteiger partial charge in [-0.3, -0.25) is 0 Å². The van der Waals surface area contributed by atoms with E-state index < -0.39 is 0 Å². The summed E-state index contributed by atoms with van der Waals surface area (Å²) in [7, 11) is 2.27. The first-order valence-corrected chi connectivity index (χ1v) is 8.80. The molecule has 4 heteroatoms. The van der Waals surface area contributed by atoms with Crippen LogP contribution >= 0.6 is 11.8 Å². The molecule has 2 fully saturated rings. The first kappa shape index (κ1) is 15.2. The number of nitriles is 1. The van der Waals surface area contributed by atoms with Gasteiger partial charge in [0.05, 0.1) is 6.07 Å². The number of hydrogen-bond acceptors (Lipinski definition) is 4. The predicted molar refractivity (Wildman–Crippen MR) is 82.4 cm³/mol. The molecule has 108 valence electrons. The predicted octanol–water partition coefficient (Wildman–Crippen LogP) is 2.58. The first-order valence-electron chi connectivity index (χ1n) is 7.58. The summed E-state index contributed by atoms with van der Waals surface area (Å²) < 4.78 is -0.0991. The second kappa shape index (κ2) is 6.97. The highest BCUT2D eigenvalue weighted by molar-refractivity contribution is 8.00. The van der Waals surface area contributed by atoms with Crippen LogP contribution in [0.2, 0.25) is 0 Å². The first-order chi connectivity index (χ1) is 9.19. The highest BCUT2D eigenvalue weighted by Crippen LogP contribution is 2.33. The van der Waals surface area contributed by atoms with Crippen LogP contribution in [0.25, 0.3) is 0 Å². The molecule has 3 nitrogen and oxygen atoms in total. The summed E-state index contributed by atoms with van der Waals surface area (Å²) in [6, 6.07) is 3.32. The average Bonchev–Trinajstić information content (AvgIpc) is 2.47. The molecule has 0 amide bonds. The Balaban J connectivity index is 1.72. The molecule has 0 aromatic rings. The minimum atomic E-state index is -0.0991. The Kier molecular flexibility index (Phi) is 5.56. The van der Waals surface area contributed by atoms with E-state index in [0.717, 1.165) is 32.0 Å². The number of nitrogens with zero attached hydrogens (tertiary/aromatic N) is 3. The second-order valence-corrected chi connectivity index (χ2v) is 7.26. The Morgan fingerprint density at radius 3 is 2.58 bits per heavy atom. The molecule has 1 unspecified atom stereocenters. The summed E-state index contributed by atoms with van der Waals surface area (Å²) in [5.74, 6) is 0. The van der Waals surface area contributed by atoms with Crippen LogP contribution in [0.5, 0.6) is 0 Å². The molecule has 2 aliphatic rings. The second-order valence-electron chi connectivity index (χ2n) is 6.07. The van der Waals surface area contributed by atoms with Gasteiger partial charge >= 0.3 is 0 Å². The van der Waals surface area contributed by atoms with Crippen molar-refractivity contribution in [1.82, 2.24) is 9.80 Å². The third kappa shape index (κ3) is 3.87. The molecule has 0 aromatic carbocycles. The van der Waals surface area contributed by atoms with Gasteiger partial charge in [0.1, 0.15) is 4.75 Å².